The average Bonchev–Trinajstić information content (AvgIpc) is 2.79. The highest BCUT2D eigenvalue weighted by atomic mass is 35.5. The Labute approximate surface area is 192 Å². The molecule has 1 fully saturated rings. The molecule has 10 heteroatoms. The van der Waals surface area contributed by atoms with Gasteiger partial charge < -0.3 is 9.84 Å². The number of ether oxygens (including phenoxy) is 1. The van der Waals surface area contributed by atoms with Crippen molar-refractivity contribution in [1.82, 2.24) is 9.73 Å². The van der Waals surface area contributed by atoms with E-state index in [0.29, 0.717) is 23.4 Å². The second-order valence-corrected chi connectivity index (χ2v) is 9.85. The van der Waals surface area contributed by atoms with Gasteiger partial charge in [-0.15, -0.1) is 0 Å². The molecule has 0 bridgehead atoms. The highest BCUT2D eigenvalue weighted by molar-refractivity contribution is 7.89. The van der Waals surface area contributed by atoms with Gasteiger partial charge in [0.25, 0.3) is 5.91 Å². The van der Waals surface area contributed by atoms with E-state index in [0.717, 1.165) is 19.3 Å². The molecule has 2 N–H and O–H groups in total. The van der Waals surface area contributed by atoms with Gasteiger partial charge in [-0.25, -0.2) is 13.8 Å². The molecule has 0 spiro atoms. The van der Waals surface area contributed by atoms with E-state index >= 15 is 0 Å². The molecule has 172 valence electrons. The van der Waals surface area contributed by atoms with Crippen LogP contribution in [0, 0.1) is 0 Å². The number of benzene rings is 2. The van der Waals surface area contributed by atoms with Crippen molar-refractivity contribution in [2.24, 2.45) is 5.10 Å². The van der Waals surface area contributed by atoms with Crippen LogP contribution in [0.2, 0.25) is 5.02 Å². The summed E-state index contributed by atoms with van der Waals surface area (Å²) in [5, 5.41) is 14.0. The molecule has 0 aliphatic heterocycles. The highest BCUT2D eigenvalue weighted by Crippen LogP contribution is 2.28. The summed E-state index contributed by atoms with van der Waals surface area (Å²) in [5.41, 5.74) is 2.98. The van der Waals surface area contributed by atoms with Crippen LogP contribution < -0.4 is 10.2 Å². The summed E-state index contributed by atoms with van der Waals surface area (Å²) in [6, 6.07) is 10.3. The lowest BCUT2D eigenvalue weighted by molar-refractivity contribution is -0.121. The van der Waals surface area contributed by atoms with E-state index in [1.54, 1.807) is 12.1 Å². The number of nitrogens with zero attached hydrogens (tertiary/aromatic N) is 2. The summed E-state index contributed by atoms with van der Waals surface area (Å²) in [5.74, 6) is -0.280. The van der Waals surface area contributed by atoms with Gasteiger partial charge in [-0.05, 0) is 60.9 Å². The number of carbonyl (C=O) groups is 1. The SMILES string of the molecule is COc1cc(/C=N\NC(=O)CN(C2CCCCC2)S(=O)(=O)c2ccc(Cl)cc2)ccc1O. The van der Waals surface area contributed by atoms with Gasteiger partial charge in [0.2, 0.25) is 10.0 Å². The fourth-order valence-electron chi connectivity index (χ4n) is 3.65. The van der Waals surface area contributed by atoms with Crippen LogP contribution in [0.25, 0.3) is 0 Å². The summed E-state index contributed by atoms with van der Waals surface area (Å²) < 4.78 is 32.9. The number of phenols is 1. The summed E-state index contributed by atoms with van der Waals surface area (Å²) in [6.07, 6.45) is 5.68. The van der Waals surface area contributed by atoms with Crippen molar-refractivity contribution in [2.75, 3.05) is 13.7 Å². The molecule has 0 atom stereocenters. The van der Waals surface area contributed by atoms with Crippen molar-refractivity contribution >= 4 is 33.7 Å². The van der Waals surface area contributed by atoms with E-state index in [1.165, 1.54) is 48.0 Å². The number of nitrogens with one attached hydrogen (secondary N) is 1. The van der Waals surface area contributed by atoms with Crippen LogP contribution in [-0.4, -0.2) is 49.6 Å². The Bertz CT molecular complexity index is 1070. The third kappa shape index (κ3) is 5.99. The van der Waals surface area contributed by atoms with E-state index in [1.807, 2.05) is 0 Å². The number of hydrogen-bond acceptors (Lipinski definition) is 6. The molecule has 0 heterocycles. The maximum atomic E-state index is 13.3. The summed E-state index contributed by atoms with van der Waals surface area (Å²) in [7, 11) is -2.46. The minimum atomic E-state index is -3.89. The molecular weight excluding hydrogens is 454 g/mol. The second-order valence-electron chi connectivity index (χ2n) is 7.52. The van der Waals surface area contributed by atoms with Crippen LogP contribution in [-0.2, 0) is 14.8 Å². The monoisotopic (exact) mass is 479 g/mol. The van der Waals surface area contributed by atoms with E-state index in [2.05, 4.69) is 10.5 Å². The second kappa shape index (κ2) is 10.8. The first kappa shape index (κ1) is 24.0. The fourth-order valence-corrected chi connectivity index (χ4v) is 5.42. The molecule has 1 saturated carbocycles. The Morgan fingerprint density at radius 3 is 2.56 bits per heavy atom. The lowest BCUT2D eigenvalue weighted by atomic mass is 9.95. The van der Waals surface area contributed by atoms with Crippen LogP contribution in [0.3, 0.4) is 0 Å². The van der Waals surface area contributed by atoms with Crippen LogP contribution in [0.5, 0.6) is 11.5 Å². The minimum absolute atomic E-state index is 0.00999. The molecule has 1 aliphatic rings. The predicted octanol–water partition coefficient (Wildman–Crippen LogP) is 3.53. The van der Waals surface area contributed by atoms with E-state index in [-0.39, 0.29) is 29.0 Å². The topological polar surface area (TPSA) is 108 Å². The number of methoxy groups -OCH3 is 1. The number of phenolic OH excluding ortho intramolecular Hbond substituents is 1. The van der Waals surface area contributed by atoms with E-state index in [4.69, 9.17) is 16.3 Å². The standard InChI is InChI=1S/C22H26ClN3O5S/c1-31-21-13-16(7-12-20(21)27)14-24-25-22(28)15-26(18-5-3-2-4-6-18)32(29,30)19-10-8-17(23)9-11-19/h7-14,18,27H,2-6,15H2,1H3,(H,25,28)/b24-14-. The first-order valence-corrected chi connectivity index (χ1v) is 12.1. The molecule has 3 rings (SSSR count). The smallest absolute Gasteiger partial charge is 0.255 e. The highest BCUT2D eigenvalue weighted by Gasteiger charge is 2.33. The Hall–Kier alpha value is -2.62. The average molecular weight is 480 g/mol. The molecule has 2 aromatic rings. The Balaban J connectivity index is 1.74. The number of carbonyl (C=O) groups excluding carboxylic acids is 1. The molecule has 2 aromatic carbocycles. The van der Waals surface area contributed by atoms with Crippen molar-refractivity contribution in [2.45, 2.75) is 43.0 Å². The maximum absolute atomic E-state index is 13.3. The van der Waals surface area contributed by atoms with Gasteiger partial charge in [0.05, 0.1) is 24.8 Å². The molecule has 8 nitrogen and oxygen atoms in total. The molecule has 1 amide bonds. The van der Waals surface area contributed by atoms with Crippen molar-refractivity contribution in [3.05, 3.63) is 53.1 Å². The van der Waals surface area contributed by atoms with Gasteiger partial charge in [-0.3, -0.25) is 4.79 Å². The number of halogens is 1. The van der Waals surface area contributed by atoms with Gasteiger partial charge >= 0.3 is 0 Å². The third-order valence-electron chi connectivity index (χ3n) is 5.31. The molecule has 0 saturated heterocycles. The maximum Gasteiger partial charge on any atom is 0.255 e. The van der Waals surface area contributed by atoms with Gasteiger partial charge in [0.15, 0.2) is 11.5 Å². The van der Waals surface area contributed by atoms with Crippen molar-refractivity contribution < 1.29 is 23.1 Å². The predicted molar refractivity (Wildman–Crippen MR) is 123 cm³/mol. The van der Waals surface area contributed by atoms with Gasteiger partial charge in [0.1, 0.15) is 0 Å². The number of sulfonamides is 1. The fraction of sp³-hybridized carbons (Fsp3) is 0.364. The van der Waals surface area contributed by atoms with Crippen LogP contribution >= 0.6 is 11.6 Å². The number of hydrazone groups is 1. The number of hydrogen-bond donors (Lipinski definition) is 2. The molecule has 0 aromatic heterocycles. The van der Waals surface area contributed by atoms with Crippen molar-refractivity contribution in [3.8, 4) is 11.5 Å². The zero-order valence-corrected chi connectivity index (χ0v) is 19.3. The van der Waals surface area contributed by atoms with E-state index in [9.17, 15) is 18.3 Å². The Morgan fingerprint density at radius 2 is 1.91 bits per heavy atom. The Morgan fingerprint density at radius 1 is 1.22 bits per heavy atom. The summed E-state index contributed by atoms with van der Waals surface area (Å²) >= 11 is 5.90. The normalized spacial score (nSPS) is 15.2. The summed E-state index contributed by atoms with van der Waals surface area (Å²) in [4.78, 5) is 12.7. The Kier molecular flexibility index (Phi) is 8.11. The van der Waals surface area contributed by atoms with Crippen LogP contribution in [0.4, 0.5) is 0 Å². The first-order chi connectivity index (χ1) is 15.3. The minimum Gasteiger partial charge on any atom is -0.504 e. The van der Waals surface area contributed by atoms with Crippen molar-refractivity contribution in [3.63, 3.8) is 0 Å². The number of rotatable bonds is 8. The van der Waals surface area contributed by atoms with Crippen LogP contribution in [0.1, 0.15) is 37.7 Å². The third-order valence-corrected chi connectivity index (χ3v) is 7.47. The molecule has 32 heavy (non-hydrogen) atoms. The van der Waals surface area contributed by atoms with Gasteiger partial charge in [-0.1, -0.05) is 30.9 Å². The number of amides is 1. The molecule has 0 radical (unpaired) electrons. The lowest BCUT2D eigenvalue weighted by Crippen LogP contribution is -2.46. The summed E-state index contributed by atoms with van der Waals surface area (Å²) in [6.45, 7) is -0.341. The zero-order valence-electron chi connectivity index (χ0n) is 17.7. The molecule has 0 unspecified atom stereocenters. The van der Waals surface area contributed by atoms with Gasteiger partial charge in [0, 0.05) is 11.1 Å². The van der Waals surface area contributed by atoms with E-state index < -0.39 is 15.9 Å². The largest absolute Gasteiger partial charge is 0.504 e. The van der Waals surface area contributed by atoms with Crippen molar-refractivity contribution in [1.29, 1.82) is 0 Å². The zero-order chi connectivity index (χ0) is 23.1. The number of aromatic hydroxyl groups is 1. The van der Waals surface area contributed by atoms with Gasteiger partial charge in [-0.2, -0.15) is 9.41 Å². The molecular formula is C22H26ClN3O5S. The molecule has 1 aliphatic carbocycles. The quantitative estimate of drug-likeness (QED) is 0.444. The lowest BCUT2D eigenvalue weighted by Gasteiger charge is -2.32. The first-order valence-electron chi connectivity index (χ1n) is 10.3. The van der Waals surface area contributed by atoms with Crippen LogP contribution in [0.15, 0.2) is 52.5 Å².